The topological polar surface area (TPSA) is 138 Å². The highest BCUT2D eigenvalue weighted by molar-refractivity contribution is 14.1. The summed E-state index contributed by atoms with van der Waals surface area (Å²) in [6.07, 6.45) is 11.0. The van der Waals surface area contributed by atoms with E-state index in [2.05, 4.69) is 17.1 Å². The molecule has 2 aliphatic rings. The van der Waals surface area contributed by atoms with E-state index in [9.17, 15) is 24.6 Å². The Balaban J connectivity index is 1.82. The first-order valence-electron chi connectivity index (χ1n) is 17.2. The van der Waals surface area contributed by atoms with Crippen LogP contribution in [0.2, 0.25) is 0 Å². The molecule has 3 atom stereocenters. The standard InChI is InChI=1S/C35H54IN3O8/c1-3-4-5-6-7-8-9-10-11-12-32(42)39(15-14-38-16-19-46-20-17-38)29-23-27(35(44)37-13-18-40)24-30(33(29)43)47-34-28(36)21-26(25-41)22-31(34)45-2/h21-22,24-25,29-30,33,40,43H,3-20,23H2,1-2H3,(H,37,44)/t29-,30+,33+/m1/s1. The highest BCUT2D eigenvalue weighted by Gasteiger charge is 2.41. The van der Waals surface area contributed by atoms with E-state index >= 15 is 0 Å². The molecule has 1 aliphatic carbocycles. The maximum absolute atomic E-state index is 13.9. The number of ether oxygens (including phenoxy) is 3. The van der Waals surface area contributed by atoms with Crippen molar-refractivity contribution in [2.24, 2.45) is 0 Å². The molecule has 0 unspecified atom stereocenters. The number of carbonyl (C=O) groups is 3. The number of rotatable bonds is 21. The van der Waals surface area contributed by atoms with Crippen molar-refractivity contribution >= 4 is 40.7 Å². The maximum Gasteiger partial charge on any atom is 0.247 e. The van der Waals surface area contributed by atoms with Crippen molar-refractivity contribution in [1.29, 1.82) is 0 Å². The fourth-order valence-corrected chi connectivity index (χ4v) is 6.87. The SMILES string of the molecule is CCCCCCCCCCCC(=O)N(CCN1CCOCC1)[C@@H]1CC(C(=O)NCCO)=C[C@H](Oc2c(I)cc(C=O)cc2OC)[C@H]1O. The van der Waals surface area contributed by atoms with Gasteiger partial charge in [0.1, 0.15) is 18.5 Å². The normalized spacial score (nSPS) is 19.9. The summed E-state index contributed by atoms with van der Waals surface area (Å²) in [5.41, 5.74) is 0.779. The summed E-state index contributed by atoms with van der Waals surface area (Å²) < 4.78 is 18.0. The molecule has 264 valence electrons. The van der Waals surface area contributed by atoms with Crippen LogP contribution in [0.4, 0.5) is 0 Å². The molecular weight excluding hydrogens is 717 g/mol. The first kappa shape index (κ1) is 39.2. The molecule has 12 heteroatoms. The third-order valence-electron chi connectivity index (χ3n) is 8.83. The molecule has 0 spiro atoms. The van der Waals surface area contributed by atoms with Crippen LogP contribution in [0, 0.1) is 3.57 Å². The molecule has 1 aliphatic heterocycles. The van der Waals surface area contributed by atoms with Crippen LogP contribution in [0.3, 0.4) is 0 Å². The molecule has 0 saturated carbocycles. The number of morpholine rings is 1. The quantitative estimate of drug-likeness (QED) is 0.0959. The van der Waals surface area contributed by atoms with E-state index in [1.165, 1.54) is 45.6 Å². The van der Waals surface area contributed by atoms with Crippen molar-refractivity contribution in [2.75, 3.05) is 59.7 Å². The molecular formula is C35H54IN3O8. The number of nitrogens with one attached hydrogen (secondary N) is 1. The van der Waals surface area contributed by atoms with E-state index in [1.807, 2.05) is 22.6 Å². The zero-order chi connectivity index (χ0) is 34.0. The van der Waals surface area contributed by atoms with E-state index in [-0.39, 0.29) is 31.4 Å². The van der Waals surface area contributed by atoms with Gasteiger partial charge in [0.25, 0.3) is 0 Å². The van der Waals surface area contributed by atoms with Gasteiger partial charge in [-0.3, -0.25) is 19.3 Å². The van der Waals surface area contributed by atoms with Gasteiger partial charge in [-0.1, -0.05) is 58.3 Å². The Morgan fingerprint density at radius 2 is 1.79 bits per heavy atom. The number of aliphatic hydroxyl groups is 2. The number of aliphatic hydroxyl groups excluding tert-OH is 2. The number of aldehydes is 1. The minimum atomic E-state index is -1.15. The van der Waals surface area contributed by atoms with E-state index in [0.717, 1.165) is 38.6 Å². The lowest BCUT2D eigenvalue weighted by molar-refractivity contribution is -0.139. The Bertz CT molecular complexity index is 1160. The minimum absolute atomic E-state index is 0.0523. The average Bonchev–Trinajstić information content (AvgIpc) is 3.08. The summed E-state index contributed by atoms with van der Waals surface area (Å²) >= 11 is 2.04. The summed E-state index contributed by atoms with van der Waals surface area (Å²) in [6.45, 7) is 5.90. The lowest BCUT2D eigenvalue weighted by Crippen LogP contribution is -2.56. The zero-order valence-corrected chi connectivity index (χ0v) is 30.3. The molecule has 2 amide bonds. The van der Waals surface area contributed by atoms with Gasteiger partial charge in [0, 0.05) is 56.7 Å². The number of hydrogen-bond donors (Lipinski definition) is 3. The number of benzene rings is 1. The second-order valence-corrected chi connectivity index (χ2v) is 13.4. The predicted octanol–water partition coefficient (Wildman–Crippen LogP) is 4.11. The lowest BCUT2D eigenvalue weighted by atomic mass is 9.87. The molecule has 11 nitrogen and oxygen atoms in total. The van der Waals surface area contributed by atoms with Gasteiger partial charge in [0.2, 0.25) is 11.8 Å². The summed E-state index contributed by atoms with van der Waals surface area (Å²) in [7, 11) is 1.47. The smallest absolute Gasteiger partial charge is 0.247 e. The van der Waals surface area contributed by atoms with Gasteiger partial charge in [0.05, 0.1) is 36.5 Å². The van der Waals surface area contributed by atoms with Crippen molar-refractivity contribution in [3.63, 3.8) is 0 Å². The van der Waals surface area contributed by atoms with Crippen LogP contribution >= 0.6 is 22.6 Å². The van der Waals surface area contributed by atoms with Crippen molar-refractivity contribution in [3.05, 3.63) is 32.9 Å². The van der Waals surface area contributed by atoms with Crippen LogP contribution in [-0.4, -0.2) is 116 Å². The average molecular weight is 772 g/mol. The van der Waals surface area contributed by atoms with E-state index < -0.39 is 18.2 Å². The van der Waals surface area contributed by atoms with Crippen LogP contribution in [-0.2, 0) is 14.3 Å². The number of halogens is 1. The van der Waals surface area contributed by atoms with Gasteiger partial charge >= 0.3 is 0 Å². The fourth-order valence-electron chi connectivity index (χ4n) is 6.12. The van der Waals surface area contributed by atoms with E-state index in [4.69, 9.17) is 14.2 Å². The summed E-state index contributed by atoms with van der Waals surface area (Å²) in [4.78, 5) is 42.6. The van der Waals surface area contributed by atoms with Gasteiger partial charge < -0.3 is 34.6 Å². The van der Waals surface area contributed by atoms with Crippen LogP contribution in [0.5, 0.6) is 11.5 Å². The summed E-state index contributed by atoms with van der Waals surface area (Å²) in [5, 5.41) is 23.9. The molecule has 1 fully saturated rings. The molecule has 3 N–H and O–H groups in total. The van der Waals surface area contributed by atoms with Gasteiger partial charge in [-0.15, -0.1) is 0 Å². The molecule has 47 heavy (non-hydrogen) atoms. The summed E-state index contributed by atoms with van der Waals surface area (Å²) in [5.74, 6) is 0.208. The predicted molar refractivity (Wildman–Crippen MR) is 189 cm³/mol. The van der Waals surface area contributed by atoms with Crippen LogP contribution in [0.15, 0.2) is 23.8 Å². The Labute approximate surface area is 293 Å². The second-order valence-electron chi connectivity index (χ2n) is 12.3. The van der Waals surface area contributed by atoms with Crippen molar-refractivity contribution in [3.8, 4) is 11.5 Å². The van der Waals surface area contributed by atoms with E-state index in [1.54, 1.807) is 23.1 Å². The molecule has 1 saturated heterocycles. The Morgan fingerprint density at radius 3 is 2.43 bits per heavy atom. The number of amides is 2. The molecule has 1 aromatic carbocycles. The monoisotopic (exact) mass is 771 g/mol. The van der Waals surface area contributed by atoms with E-state index in [0.29, 0.717) is 58.9 Å². The van der Waals surface area contributed by atoms with Gasteiger partial charge in [-0.05, 0) is 47.2 Å². The van der Waals surface area contributed by atoms with Gasteiger partial charge in [0.15, 0.2) is 11.5 Å². The maximum atomic E-state index is 13.9. The van der Waals surface area contributed by atoms with Crippen molar-refractivity contribution < 1.29 is 38.8 Å². The van der Waals surface area contributed by atoms with Crippen LogP contribution < -0.4 is 14.8 Å². The number of methoxy groups -OCH3 is 1. The number of unbranched alkanes of at least 4 members (excludes halogenated alkanes) is 8. The Kier molecular flexibility index (Phi) is 18.1. The van der Waals surface area contributed by atoms with Crippen LogP contribution in [0.25, 0.3) is 0 Å². The second kappa shape index (κ2) is 21.7. The molecule has 0 bridgehead atoms. The largest absolute Gasteiger partial charge is 0.493 e. The molecule has 1 aromatic rings. The highest BCUT2D eigenvalue weighted by Crippen LogP contribution is 2.37. The van der Waals surface area contributed by atoms with Crippen LogP contribution in [0.1, 0.15) is 87.9 Å². The first-order valence-corrected chi connectivity index (χ1v) is 18.3. The lowest BCUT2D eigenvalue weighted by Gasteiger charge is -2.41. The number of nitrogens with zero attached hydrogens (tertiary/aromatic N) is 2. The third kappa shape index (κ3) is 12.6. The first-order chi connectivity index (χ1) is 22.8. The molecule has 1 heterocycles. The molecule has 0 aromatic heterocycles. The number of hydrogen-bond acceptors (Lipinski definition) is 9. The van der Waals surface area contributed by atoms with Crippen molar-refractivity contribution in [2.45, 2.75) is 95.8 Å². The third-order valence-corrected chi connectivity index (χ3v) is 9.63. The number of carbonyl (C=O) groups excluding carboxylic acids is 3. The Morgan fingerprint density at radius 1 is 1.11 bits per heavy atom. The highest BCUT2D eigenvalue weighted by atomic mass is 127. The van der Waals surface area contributed by atoms with Crippen molar-refractivity contribution in [1.82, 2.24) is 15.1 Å². The van der Waals surface area contributed by atoms with Gasteiger partial charge in [-0.25, -0.2) is 0 Å². The molecule has 3 rings (SSSR count). The summed E-state index contributed by atoms with van der Waals surface area (Å²) in [6, 6.07) is 2.49. The van der Waals surface area contributed by atoms with Gasteiger partial charge in [-0.2, -0.15) is 0 Å². The zero-order valence-electron chi connectivity index (χ0n) is 28.1. The Hall–Kier alpha value is -2.26. The fraction of sp³-hybridized carbons (Fsp3) is 0.686. The molecule has 0 radical (unpaired) electrons. The minimum Gasteiger partial charge on any atom is -0.493 e.